The minimum absolute atomic E-state index is 0.103. The summed E-state index contributed by atoms with van der Waals surface area (Å²) in [5.74, 6) is -0.173. The van der Waals surface area contributed by atoms with Crippen molar-refractivity contribution in [1.82, 2.24) is 0 Å². The summed E-state index contributed by atoms with van der Waals surface area (Å²) in [6.45, 7) is 8.90. The number of hydrogen-bond donors (Lipinski definition) is 0. The van der Waals surface area contributed by atoms with Crippen LogP contribution in [0, 0.1) is 10.1 Å². The van der Waals surface area contributed by atoms with Gasteiger partial charge in [-0.3, -0.25) is 14.9 Å². The minimum Gasteiger partial charge on any atom is -0.464 e. The maximum Gasteiger partial charge on any atom is 0.305 e. The van der Waals surface area contributed by atoms with Gasteiger partial charge in [-0.2, -0.15) is 5.11 Å². The number of carbonyl (C=O) groups is 1. The summed E-state index contributed by atoms with van der Waals surface area (Å²) in [7, 11) is 0. The number of nitro groups is 1. The predicted molar refractivity (Wildman–Crippen MR) is 152 cm³/mol. The molecule has 214 valence electrons. The Bertz CT molecular complexity index is 1040. The third-order valence-electron chi connectivity index (χ3n) is 5.91. The van der Waals surface area contributed by atoms with Crippen LogP contribution in [0.2, 0.25) is 5.02 Å². The highest BCUT2D eigenvalue weighted by Crippen LogP contribution is 2.30. The number of anilines is 1. The molecule has 0 radical (unpaired) electrons. The number of non-ortho nitro benzene ring substituents is 1. The third kappa shape index (κ3) is 12.1. The first-order chi connectivity index (χ1) is 18.9. The Hall–Kier alpha value is -3.08. The lowest BCUT2D eigenvalue weighted by Gasteiger charge is -2.23. The van der Waals surface area contributed by atoms with Gasteiger partial charge < -0.3 is 19.1 Å². The van der Waals surface area contributed by atoms with Crippen molar-refractivity contribution >= 4 is 40.3 Å². The van der Waals surface area contributed by atoms with Gasteiger partial charge in [-0.05, 0) is 70.4 Å². The van der Waals surface area contributed by atoms with Gasteiger partial charge in [-0.25, -0.2) is 0 Å². The molecular formula is C28H39ClN4O6. The molecular weight excluding hydrogens is 524 g/mol. The lowest BCUT2D eigenvalue weighted by Crippen LogP contribution is -2.27. The van der Waals surface area contributed by atoms with Gasteiger partial charge in [-0.1, -0.05) is 24.4 Å². The number of unbranched alkanes of at least 4 members (excludes halogenated alkanes) is 3. The van der Waals surface area contributed by atoms with Crippen LogP contribution in [0.25, 0.3) is 0 Å². The van der Waals surface area contributed by atoms with E-state index in [1.165, 1.54) is 18.2 Å². The molecule has 0 aliphatic heterocycles. The van der Waals surface area contributed by atoms with Gasteiger partial charge in [0.2, 0.25) is 0 Å². The van der Waals surface area contributed by atoms with Crippen LogP contribution in [0.15, 0.2) is 52.7 Å². The van der Waals surface area contributed by atoms with Crippen molar-refractivity contribution in [3.8, 4) is 0 Å². The Morgan fingerprint density at radius 3 is 2.31 bits per heavy atom. The van der Waals surface area contributed by atoms with Gasteiger partial charge in [0.15, 0.2) is 6.29 Å². The second kappa shape index (κ2) is 18.3. The number of nitrogens with zero attached hydrogens (tertiary/aromatic N) is 4. The molecule has 11 heteroatoms. The Labute approximate surface area is 235 Å². The van der Waals surface area contributed by atoms with Gasteiger partial charge in [0.05, 0.1) is 22.2 Å². The molecule has 39 heavy (non-hydrogen) atoms. The second-order valence-electron chi connectivity index (χ2n) is 8.70. The summed E-state index contributed by atoms with van der Waals surface area (Å²) in [4.78, 5) is 24.5. The number of esters is 1. The summed E-state index contributed by atoms with van der Waals surface area (Å²) in [5, 5.41) is 19.2. The average Bonchev–Trinajstić information content (AvgIpc) is 2.93. The molecule has 0 spiro atoms. The molecule has 0 aliphatic carbocycles. The van der Waals surface area contributed by atoms with Crippen molar-refractivity contribution in [2.75, 3.05) is 37.8 Å². The number of benzene rings is 2. The van der Waals surface area contributed by atoms with Crippen LogP contribution in [0.3, 0.4) is 0 Å². The molecule has 0 unspecified atom stereocenters. The highest BCUT2D eigenvalue weighted by molar-refractivity contribution is 6.33. The van der Waals surface area contributed by atoms with Crippen LogP contribution < -0.4 is 4.90 Å². The number of likely N-dealkylation sites (N-methyl/N-ethyl adjacent to an activating group) is 1. The molecule has 0 saturated carbocycles. The van der Waals surface area contributed by atoms with Gasteiger partial charge >= 0.3 is 5.97 Å². The zero-order valence-corrected chi connectivity index (χ0v) is 23.8. The van der Waals surface area contributed by atoms with Gasteiger partial charge in [0.1, 0.15) is 12.3 Å². The van der Waals surface area contributed by atoms with E-state index >= 15 is 0 Å². The lowest BCUT2D eigenvalue weighted by atomic mass is 10.1. The Morgan fingerprint density at radius 2 is 1.69 bits per heavy atom. The molecule has 0 bridgehead atoms. The van der Waals surface area contributed by atoms with Crippen molar-refractivity contribution in [2.24, 2.45) is 10.2 Å². The number of rotatable bonds is 19. The maximum atomic E-state index is 12.1. The molecule has 2 rings (SSSR count). The van der Waals surface area contributed by atoms with E-state index < -0.39 is 4.92 Å². The largest absolute Gasteiger partial charge is 0.464 e. The monoisotopic (exact) mass is 562 g/mol. The van der Waals surface area contributed by atoms with Crippen LogP contribution in [0.5, 0.6) is 0 Å². The second-order valence-corrected chi connectivity index (χ2v) is 9.11. The standard InChI is InChI=1S/C28H39ClN4O6/c1-4-32(19-20-39-27(34)11-9-7-8-10-12-28(37-5-2)38-6-3)23-15-13-22(14-16-23)30-31-26-18-17-24(33(35)36)21-25(26)29/h13-18,21,28H,4-12,19-20H2,1-3H3. The number of azo groups is 1. The molecule has 0 heterocycles. The molecule has 2 aromatic carbocycles. The van der Waals surface area contributed by atoms with Crippen LogP contribution in [0.1, 0.15) is 59.3 Å². The van der Waals surface area contributed by atoms with Gasteiger partial charge in [0.25, 0.3) is 5.69 Å². The summed E-state index contributed by atoms with van der Waals surface area (Å²) >= 11 is 6.06. The zero-order valence-electron chi connectivity index (χ0n) is 23.0. The summed E-state index contributed by atoms with van der Waals surface area (Å²) in [5.41, 5.74) is 1.83. The maximum absolute atomic E-state index is 12.1. The summed E-state index contributed by atoms with van der Waals surface area (Å²) < 4.78 is 16.5. The van der Waals surface area contributed by atoms with Gasteiger partial charge in [0, 0.05) is 44.0 Å². The molecule has 0 aliphatic rings. The predicted octanol–water partition coefficient (Wildman–Crippen LogP) is 7.77. The fourth-order valence-electron chi connectivity index (χ4n) is 3.86. The summed E-state index contributed by atoms with van der Waals surface area (Å²) in [6, 6.07) is 11.5. The van der Waals surface area contributed by atoms with E-state index in [0.29, 0.717) is 44.2 Å². The number of carbonyl (C=O) groups excluding carboxylic acids is 1. The molecule has 2 aromatic rings. The molecule has 0 N–H and O–H groups in total. The van der Waals surface area contributed by atoms with Crippen LogP contribution in [-0.4, -0.2) is 50.1 Å². The Morgan fingerprint density at radius 1 is 1.00 bits per heavy atom. The van der Waals surface area contributed by atoms with E-state index in [4.69, 9.17) is 25.8 Å². The smallest absolute Gasteiger partial charge is 0.305 e. The summed E-state index contributed by atoms with van der Waals surface area (Å²) in [6.07, 6.45) is 4.99. The lowest BCUT2D eigenvalue weighted by molar-refractivity contribution is -0.384. The average molecular weight is 563 g/mol. The van der Waals surface area contributed by atoms with E-state index in [1.807, 2.05) is 45.0 Å². The van der Waals surface area contributed by atoms with E-state index in [-0.39, 0.29) is 23.0 Å². The van der Waals surface area contributed by atoms with E-state index in [2.05, 4.69) is 15.1 Å². The fourth-order valence-corrected chi connectivity index (χ4v) is 4.08. The van der Waals surface area contributed by atoms with Gasteiger partial charge in [-0.15, -0.1) is 5.11 Å². The molecule has 0 amide bonds. The number of nitro benzene ring substituents is 1. The molecule has 0 aromatic heterocycles. The zero-order chi connectivity index (χ0) is 28.5. The van der Waals surface area contributed by atoms with E-state index in [0.717, 1.165) is 44.3 Å². The quantitative estimate of drug-likeness (QED) is 0.0428. The fraction of sp³-hybridized carbons (Fsp3) is 0.536. The van der Waals surface area contributed by atoms with Crippen molar-refractivity contribution in [3.05, 3.63) is 57.6 Å². The van der Waals surface area contributed by atoms with E-state index in [9.17, 15) is 14.9 Å². The van der Waals surface area contributed by atoms with E-state index in [1.54, 1.807) is 0 Å². The first-order valence-corrected chi connectivity index (χ1v) is 13.8. The van der Waals surface area contributed by atoms with Crippen molar-refractivity contribution in [2.45, 2.75) is 65.6 Å². The molecule has 0 fully saturated rings. The normalized spacial score (nSPS) is 11.3. The van der Waals surface area contributed by atoms with Crippen molar-refractivity contribution in [1.29, 1.82) is 0 Å². The first kappa shape index (κ1) is 32.1. The SMILES string of the molecule is CCOC(CCCCCCC(=O)OCCN(CC)c1ccc(N=Nc2ccc([N+](=O)[O-])cc2Cl)cc1)OCC. The molecule has 10 nitrogen and oxygen atoms in total. The number of ether oxygens (including phenoxy) is 3. The Balaban J connectivity index is 1.70. The van der Waals surface area contributed by atoms with Crippen molar-refractivity contribution < 1.29 is 23.9 Å². The number of hydrogen-bond acceptors (Lipinski definition) is 9. The van der Waals surface area contributed by atoms with Crippen LogP contribution in [0.4, 0.5) is 22.7 Å². The first-order valence-electron chi connectivity index (χ1n) is 13.5. The van der Waals surface area contributed by atoms with Crippen LogP contribution in [-0.2, 0) is 19.0 Å². The Kier molecular flexibility index (Phi) is 15.0. The minimum atomic E-state index is -0.516. The highest BCUT2D eigenvalue weighted by Gasteiger charge is 2.11. The van der Waals surface area contributed by atoms with Crippen LogP contribution >= 0.6 is 11.6 Å². The highest BCUT2D eigenvalue weighted by atomic mass is 35.5. The third-order valence-corrected chi connectivity index (χ3v) is 6.21. The van der Waals surface area contributed by atoms with Crippen molar-refractivity contribution in [3.63, 3.8) is 0 Å². The molecule has 0 saturated heterocycles. The topological polar surface area (TPSA) is 116 Å². The molecule has 0 atom stereocenters. The number of halogens is 1.